The van der Waals surface area contributed by atoms with Crippen molar-refractivity contribution in [1.29, 1.82) is 0 Å². The summed E-state index contributed by atoms with van der Waals surface area (Å²) in [6.45, 7) is 3.46. The molecular weight excluding hydrogens is 444 g/mol. The van der Waals surface area contributed by atoms with E-state index < -0.39 is 76.4 Å². The highest BCUT2D eigenvalue weighted by Gasteiger charge is 2.72. The second kappa shape index (κ2) is 7.79. The number of amides is 1. The van der Waals surface area contributed by atoms with Gasteiger partial charge >= 0.3 is 0 Å². The lowest BCUT2D eigenvalue weighted by atomic mass is 9.49. The van der Waals surface area contributed by atoms with Crippen LogP contribution in [0.25, 0.3) is 0 Å². The predicted octanol–water partition coefficient (Wildman–Crippen LogP) is -1.04. The molecule has 0 spiro atoms. The number of ketones is 4. The van der Waals surface area contributed by atoms with Crippen LogP contribution in [0.3, 0.4) is 0 Å². The standard InChI is InChI=1S/C24H28N2O8/c1-5-9-6-7-10-8(2)11-13(18(28)12(10)17(9)27)21(31)24(34)15(19(11)29)16(26(3)4)20(30)14(22(24)32)23(25)33/h6-8,11,13-16,19,27,29,34H,5H2,1-4H3,(H2,25,33)/t8-,11+,13?,14?,15+,16-,19-,24-/m0/s1. The molecule has 10 heteroatoms. The van der Waals surface area contributed by atoms with Gasteiger partial charge in [0.2, 0.25) is 5.91 Å². The number of primary amides is 1. The van der Waals surface area contributed by atoms with Gasteiger partial charge in [0, 0.05) is 5.92 Å². The Balaban J connectivity index is 1.96. The van der Waals surface area contributed by atoms with Gasteiger partial charge in [-0.15, -0.1) is 0 Å². The maximum Gasteiger partial charge on any atom is 0.235 e. The molecule has 0 bridgehead atoms. The van der Waals surface area contributed by atoms with E-state index in [0.717, 1.165) is 0 Å². The van der Waals surface area contributed by atoms with Crippen molar-refractivity contribution < 1.29 is 39.3 Å². The van der Waals surface area contributed by atoms with E-state index in [1.807, 2.05) is 0 Å². The number of carbonyl (C=O) groups is 5. The third-order valence-electron chi connectivity index (χ3n) is 7.95. The van der Waals surface area contributed by atoms with Gasteiger partial charge in [0.25, 0.3) is 0 Å². The molecule has 0 aromatic heterocycles. The Labute approximate surface area is 195 Å². The number of likely N-dealkylation sites (N-methyl/N-ethyl adjacent to an activating group) is 1. The number of nitrogens with zero attached hydrogens (tertiary/aromatic N) is 1. The van der Waals surface area contributed by atoms with E-state index in [1.54, 1.807) is 26.0 Å². The molecule has 1 aromatic rings. The maximum absolute atomic E-state index is 13.8. The molecular formula is C24H28N2O8. The summed E-state index contributed by atoms with van der Waals surface area (Å²) in [5, 5.41) is 33.8. The number of hydrogen-bond acceptors (Lipinski definition) is 9. The first-order valence-corrected chi connectivity index (χ1v) is 11.2. The highest BCUT2D eigenvalue weighted by Crippen LogP contribution is 2.54. The first-order chi connectivity index (χ1) is 15.8. The van der Waals surface area contributed by atoms with Crippen molar-refractivity contribution in [2.75, 3.05) is 14.1 Å². The molecule has 5 N–H and O–H groups in total. The van der Waals surface area contributed by atoms with Gasteiger partial charge in [-0.2, -0.15) is 0 Å². The van der Waals surface area contributed by atoms with Crippen molar-refractivity contribution >= 4 is 29.0 Å². The zero-order valence-electron chi connectivity index (χ0n) is 19.3. The van der Waals surface area contributed by atoms with Crippen LogP contribution < -0.4 is 5.73 Å². The lowest BCUT2D eigenvalue weighted by Gasteiger charge is -2.56. The number of carbonyl (C=O) groups excluding carboxylic acids is 5. The highest BCUT2D eigenvalue weighted by atomic mass is 16.3. The van der Waals surface area contributed by atoms with E-state index in [4.69, 9.17) is 5.73 Å². The summed E-state index contributed by atoms with van der Waals surface area (Å²) in [6.07, 6.45) is -1.20. The van der Waals surface area contributed by atoms with Crippen LogP contribution in [0, 0.1) is 23.7 Å². The molecule has 2 fully saturated rings. The van der Waals surface area contributed by atoms with Crippen molar-refractivity contribution in [1.82, 2.24) is 4.90 Å². The molecule has 2 saturated carbocycles. The Bertz CT molecular complexity index is 1140. The quantitative estimate of drug-likeness (QED) is 0.400. The zero-order valence-corrected chi connectivity index (χ0v) is 19.3. The molecule has 0 saturated heterocycles. The third kappa shape index (κ3) is 2.82. The predicted molar refractivity (Wildman–Crippen MR) is 117 cm³/mol. The monoisotopic (exact) mass is 472 g/mol. The smallest absolute Gasteiger partial charge is 0.235 e. The highest BCUT2D eigenvalue weighted by molar-refractivity contribution is 6.32. The van der Waals surface area contributed by atoms with Crippen LogP contribution in [0.5, 0.6) is 5.75 Å². The molecule has 2 unspecified atom stereocenters. The van der Waals surface area contributed by atoms with Gasteiger partial charge in [0.15, 0.2) is 34.7 Å². The van der Waals surface area contributed by atoms with Crippen LogP contribution in [-0.4, -0.2) is 81.1 Å². The van der Waals surface area contributed by atoms with E-state index in [9.17, 15) is 39.3 Å². The minimum atomic E-state index is -2.98. The van der Waals surface area contributed by atoms with Crippen LogP contribution in [0.2, 0.25) is 0 Å². The Morgan fingerprint density at radius 2 is 1.76 bits per heavy atom. The Kier molecular flexibility index (Phi) is 5.54. The zero-order chi connectivity index (χ0) is 25.4. The first-order valence-electron chi connectivity index (χ1n) is 11.2. The van der Waals surface area contributed by atoms with Crippen LogP contribution in [0.4, 0.5) is 0 Å². The number of Topliss-reactive ketones (excluding diaryl/α,β-unsaturated/α-hetero) is 4. The fraction of sp³-hybridized carbons (Fsp3) is 0.542. The minimum Gasteiger partial charge on any atom is -0.507 e. The van der Waals surface area contributed by atoms with E-state index in [1.165, 1.54) is 19.0 Å². The third-order valence-corrected chi connectivity index (χ3v) is 7.95. The number of phenols is 1. The molecule has 0 radical (unpaired) electrons. The molecule has 10 nitrogen and oxygen atoms in total. The van der Waals surface area contributed by atoms with Crippen LogP contribution >= 0.6 is 0 Å². The van der Waals surface area contributed by atoms with E-state index in [-0.39, 0.29) is 11.3 Å². The van der Waals surface area contributed by atoms with Gasteiger partial charge in [-0.25, -0.2) is 0 Å². The number of hydrogen-bond donors (Lipinski definition) is 4. The van der Waals surface area contributed by atoms with Gasteiger partial charge in [-0.1, -0.05) is 26.0 Å². The Morgan fingerprint density at radius 3 is 2.29 bits per heavy atom. The number of aryl methyl sites for hydroxylation is 1. The molecule has 182 valence electrons. The molecule has 3 aliphatic rings. The van der Waals surface area contributed by atoms with Gasteiger partial charge < -0.3 is 21.1 Å². The first kappa shape index (κ1) is 24.2. The van der Waals surface area contributed by atoms with Crippen molar-refractivity contribution in [2.45, 2.75) is 43.9 Å². The van der Waals surface area contributed by atoms with Gasteiger partial charge in [0.05, 0.1) is 29.5 Å². The van der Waals surface area contributed by atoms with E-state index in [2.05, 4.69) is 0 Å². The topological polar surface area (TPSA) is 175 Å². The number of fused-ring (bicyclic) bond motifs is 3. The number of aliphatic hydroxyl groups excluding tert-OH is 1. The number of aliphatic hydroxyl groups is 2. The van der Waals surface area contributed by atoms with Crippen LogP contribution in [-0.2, 0) is 25.6 Å². The Hall–Kier alpha value is -2.95. The van der Waals surface area contributed by atoms with Crippen molar-refractivity contribution in [2.24, 2.45) is 29.4 Å². The van der Waals surface area contributed by atoms with Gasteiger partial charge in [0.1, 0.15) is 5.75 Å². The molecule has 0 aliphatic heterocycles. The normalized spacial score (nSPS) is 37.3. The number of nitrogens with two attached hydrogens (primary N) is 1. The number of rotatable bonds is 3. The van der Waals surface area contributed by atoms with Crippen molar-refractivity contribution in [3.8, 4) is 5.75 Å². The minimum absolute atomic E-state index is 0.0781. The average molecular weight is 472 g/mol. The summed E-state index contributed by atoms with van der Waals surface area (Å²) >= 11 is 0. The molecule has 0 heterocycles. The molecule has 1 amide bonds. The van der Waals surface area contributed by atoms with Crippen molar-refractivity contribution in [3.63, 3.8) is 0 Å². The number of benzene rings is 1. The molecule has 3 aliphatic carbocycles. The summed E-state index contributed by atoms with van der Waals surface area (Å²) in [7, 11) is 2.91. The largest absolute Gasteiger partial charge is 0.507 e. The fourth-order valence-electron chi connectivity index (χ4n) is 6.32. The SMILES string of the molecule is CCc1ccc2c(c1O)C(=O)C1C(=O)[C@]3(O)C(=O)C(C(N)=O)C(=O)[C@@H](N(C)C)[C@@H]3[C@@H](O)[C@@H]1[C@H]2C. The van der Waals surface area contributed by atoms with Gasteiger partial charge in [-0.3, -0.25) is 28.9 Å². The fourth-order valence-corrected chi connectivity index (χ4v) is 6.32. The summed E-state index contributed by atoms with van der Waals surface area (Å²) in [5.74, 6) is -13.0. The second-order valence-corrected chi connectivity index (χ2v) is 9.76. The van der Waals surface area contributed by atoms with E-state index in [0.29, 0.717) is 17.5 Å². The molecule has 8 atom stereocenters. The van der Waals surface area contributed by atoms with Crippen LogP contribution in [0.1, 0.15) is 41.3 Å². The number of aromatic hydroxyl groups is 1. The van der Waals surface area contributed by atoms with Gasteiger partial charge in [-0.05, 0) is 37.6 Å². The lowest BCUT2D eigenvalue weighted by Crippen LogP contribution is -2.77. The maximum atomic E-state index is 13.8. The average Bonchev–Trinajstić information content (AvgIpc) is 2.75. The lowest BCUT2D eigenvalue weighted by molar-refractivity contribution is -0.196. The summed E-state index contributed by atoms with van der Waals surface area (Å²) in [6, 6.07) is 1.95. The summed E-state index contributed by atoms with van der Waals surface area (Å²) < 4.78 is 0. The molecule has 4 rings (SSSR count). The molecule has 1 aromatic carbocycles. The van der Waals surface area contributed by atoms with Crippen LogP contribution in [0.15, 0.2) is 12.1 Å². The van der Waals surface area contributed by atoms with Crippen molar-refractivity contribution in [3.05, 3.63) is 28.8 Å². The summed E-state index contributed by atoms with van der Waals surface area (Å²) in [4.78, 5) is 67.0. The number of phenolic OH excluding ortho intramolecular Hbond substituents is 1. The summed E-state index contributed by atoms with van der Waals surface area (Å²) in [5.41, 5.74) is 3.15. The molecule has 34 heavy (non-hydrogen) atoms. The van der Waals surface area contributed by atoms with E-state index >= 15 is 0 Å². The Morgan fingerprint density at radius 1 is 1.15 bits per heavy atom. The second-order valence-electron chi connectivity index (χ2n) is 9.76.